The van der Waals surface area contributed by atoms with Gasteiger partial charge in [-0.2, -0.15) is 0 Å². The van der Waals surface area contributed by atoms with Crippen LogP contribution in [0.15, 0.2) is 22.9 Å². The molecule has 1 aromatic heterocycles. The van der Waals surface area contributed by atoms with Crippen LogP contribution in [0.4, 0.5) is 4.79 Å². The molecule has 1 amide bonds. The van der Waals surface area contributed by atoms with Crippen molar-refractivity contribution in [3.8, 4) is 0 Å². The number of nitrogens with one attached hydrogen (secondary N) is 1. The fraction of sp³-hybridized carbons (Fsp3) is 0.143. The Kier molecular flexibility index (Phi) is 3.04. The minimum Gasteiger partial charge on any atom is -0.465 e. The van der Waals surface area contributed by atoms with E-state index in [4.69, 9.17) is 5.11 Å². The standard InChI is InChI=1S/C7H7BrN2O2/c8-6-2-1-5(3-9-6)4-10-7(11)12/h1-3,10H,4H2,(H,11,12). The largest absolute Gasteiger partial charge is 0.465 e. The van der Waals surface area contributed by atoms with E-state index in [1.807, 2.05) is 0 Å². The van der Waals surface area contributed by atoms with Crippen LogP contribution in [-0.2, 0) is 6.54 Å². The number of hydrogen-bond acceptors (Lipinski definition) is 2. The van der Waals surface area contributed by atoms with Gasteiger partial charge in [-0.1, -0.05) is 6.07 Å². The number of amides is 1. The second-order valence-corrected chi connectivity index (χ2v) is 2.96. The molecule has 0 atom stereocenters. The van der Waals surface area contributed by atoms with E-state index >= 15 is 0 Å². The van der Waals surface area contributed by atoms with Crippen molar-refractivity contribution in [2.45, 2.75) is 6.54 Å². The predicted octanol–water partition coefficient (Wildman–Crippen LogP) is 1.61. The number of carbonyl (C=O) groups is 1. The molecule has 0 aliphatic rings. The zero-order chi connectivity index (χ0) is 8.97. The molecule has 4 nitrogen and oxygen atoms in total. The van der Waals surface area contributed by atoms with Gasteiger partial charge in [0, 0.05) is 12.7 Å². The first-order valence-electron chi connectivity index (χ1n) is 3.25. The highest BCUT2D eigenvalue weighted by Gasteiger charge is 1.96. The maximum atomic E-state index is 10.1. The lowest BCUT2D eigenvalue weighted by molar-refractivity contribution is 0.194. The predicted molar refractivity (Wildman–Crippen MR) is 46.8 cm³/mol. The fourth-order valence-corrected chi connectivity index (χ4v) is 0.923. The van der Waals surface area contributed by atoms with Gasteiger partial charge in [0.25, 0.3) is 0 Å². The van der Waals surface area contributed by atoms with Gasteiger partial charge < -0.3 is 10.4 Å². The summed E-state index contributed by atoms with van der Waals surface area (Å²) in [5.74, 6) is 0. The molecule has 0 bridgehead atoms. The molecule has 12 heavy (non-hydrogen) atoms. The average molecular weight is 231 g/mol. The molecule has 0 spiro atoms. The number of pyridine rings is 1. The Labute approximate surface area is 77.8 Å². The summed E-state index contributed by atoms with van der Waals surface area (Å²) in [7, 11) is 0. The fourth-order valence-electron chi connectivity index (χ4n) is 0.689. The Morgan fingerprint density at radius 2 is 2.42 bits per heavy atom. The quantitative estimate of drug-likeness (QED) is 0.760. The van der Waals surface area contributed by atoms with Gasteiger partial charge in [-0.15, -0.1) is 0 Å². The number of halogens is 1. The molecular formula is C7H7BrN2O2. The Bertz CT molecular complexity index is 273. The molecule has 0 aromatic carbocycles. The second-order valence-electron chi connectivity index (χ2n) is 2.15. The molecule has 2 N–H and O–H groups in total. The molecule has 1 aromatic rings. The van der Waals surface area contributed by atoms with Crippen LogP contribution in [0, 0.1) is 0 Å². The normalized spacial score (nSPS) is 9.42. The third-order valence-electron chi connectivity index (χ3n) is 1.23. The first-order chi connectivity index (χ1) is 5.68. The van der Waals surface area contributed by atoms with Crippen molar-refractivity contribution < 1.29 is 9.90 Å². The summed E-state index contributed by atoms with van der Waals surface area (Å²) in [6, 6.07) is 3.56. The van der Waals surface area contributed by atoms with Crippen LogP contribution in [0.3, 0.4) is 0 Å². The zero-order valence-electron chi connectivity index (χ0n) is 6.12. The molecule has 1 heterocycles. The Balaban J connectivity index is 2.53. The van der Waals surface area contributed by atoms with Gasteiger partial charge in [-0.3, -0.25) is 0 Å². The summed E-state index contributed by atoms with van der Waals surface area (Å²) < 4.78 is 0.738. The maximum Gasteiger partial charge on any atom is 0.404 e. The van der Waals surface area contributed by atoms with E-state index in [-0.39, 0.29) is 6.54 Å². The van der Waals surface area contributed by atoms with Gasteiger partial charge in [0.1, 0.15) is 4.60 Å². The van der Waals surface area contributed by atoms with Crippen molar-refractivity contribution in [1.29, 1.82) is 0 Å². The van der Waals surface area contributed by atoms with Crippen molar-refractivity contribution >= 4 is 22.0 Å². The summed E-state index contributed by atoms with van der Waals surface area (Å²) in [6.45, 7) is 0.287. The van der Waals surface area contributed by atoms with E-state index in [1.54, 1.807) is 18.3 Å². The van der Waals surface area contributed by atoms with Gasteiger partial charge in [0.05, 0.1) is 0 Å². The first kappa shape index (κ1) is 8.99. The first-order valence-corrected chi connectivity index (χ1v) is 4.05. The van der Waals surface area contributed by atoms with E-state index in [0.29, 0.717) is 0 Å². The lowest BCUT2D eigenvalue weighted by Gasteiger charge is -1.99. The Morgan fingerprint density at radius 3 is 2.92 bits per heavy atom. The third kappa shape index (κ3) is 2.87. The Morgan fingerprint density at radius 1 is 1.67 bits per heavy atom. The molecule has 0 radical (unpaired) electrons. The summed E-state index contributed by atoms with van der Waals surface area (Å²) >= 11 is 3.18. The summed E-state index contributed by atoms with van der Waals surface area (Å²) in [5, 5.41) is 10.5. The minimum atomic E-state index is -1.03. The van der Waals surface area contributed by atoms with E-state index in [9.17, 15) is 4.79 Å². The van der Waals surface area contributed by atoms with Crippen LogP contribution in [0.1, 0.15) is 5.56 Å². The summed E-state index contributed by atoms with van der Waals surface area (Å²) in [6.07, 6.45) is 0.581. The van der Waals surface area contributed by atoms with Crippen molar-refractivity contribution in [3.05, 3.63) is 28.5 Å². The highest BCUT2D eigenvalue weighted by atomic mass is 79.9. The molecule has 0 saturated heterocycles. The SMILES string of the molecule is O=C(O)NCc1ccc(Br)nc1. The van der Waals surface area contributed by atoms with Crippen LogP contribution in [0.5, 0.6) is 0 Å². The van der Waals surface area contributed by atoms with Crippen LogP contribution in [0.2, 0.25) is 0 Å². The van der Waals surface area contributed by atoms with Crippen molar-refractivity contribution in [1.82, 2.24) is 10.3 Å². The third-order valence-corrected chi connectivity index (χ3v) is 1.70. The van der Waals surface area contributed by atoms with E-state index in [1.165, 1.54) is 0 Å². The highest BCUT2D eigenvalue weighted by molar-refractivity contribution is 9.10. The number of carboxylic acid groups (broad SMARTS) is 1. The molecule has 0 fully saturated rings. The Hall–Kier alpha value is -1.10. The van der Waals surface area contributed by atoms with Crippen LogP contribution < -0.4 is 5.32 Å². The summed E-state index contributed by atoms with van der Waals surface area (Å²) in [4.78, 5) is 14.0. The van der Waals surface area contributed by atoms with Crippen molar-refractivity contribution in [3.63, 3.8) is 0 Å². The molecular weight excluding hydrogens is 224 g/mol. The molecule has 0 aliphatic carbocycles. The van der Waals surface area contributed by atoms with Crippen molar-refractivity contribution in [2.75, 3.05) is 0 Å². The monoisotopic (exact) mass is 230 g/mol. The van der Waals surface area contributed by atoms with Gasteiger partial charge in [-0.25, -0.2) is 9.78 Å². The number of nitrogens with zero attached hydrogens (tertiary/aromatic N) is 1. The van der Waals surface area contributed by atoms with Crippen LogP contribution in [0.25, 0.3) is 0 Å². The lowest BCUT2D eigenvalue weighted by atomic mass is 10.3. The summed E-state index contributed by atoms with van der Waals surface area (Å²) in [5.41, 5.74) is 0.834. The molecule has 0 unspecified atom stereocenters. The molecule has 5 heteroatoms. The molecule has 64 valence electrons. The molecule has 0 aliphatic heterocycles. The number of hydrogen-bond donors (Lipinski definition) is 2. The van der Waals surface area contributed by atoms with Gasteiger partial charge in [0.15, 0.2) is 0 Å². The topological polar surface area (TPSA) is 62.2 Å². The van der Waals surface area contributed by atoms with Crippen LogP contribution in [-0.4, -0.2) is 16.2 Å². The minimum absolute atomic E-state index is 0.287. The van der Waals surface area contributed by atoms with Gasteiger partial charge in [-0.05, 0) is 27.6 Å². The lowest BCUT2D eigenvalue weighted by Crippen LogP contribution is -2.19. The zero-order valence-corrected chi connectivity index (χ0v) is 7.71. The molecule has 0 saturated carbocycles. The number of rotatable bonds is 2. The van der Waals surface area contributed by atoms with Crippen LogP contribution >= 0.6 is 15.9 Å². The number of aromatic nitrogens is 1. The smallest absolute Gasteiger partial charge is 0.404 e. The van der Waals surface area contributed by atoms with Crippen molar-refractivity contribution in [2.24, 2.45) is 0 Å². The van der Waals surface area contributed by atoms with Gasteiger partial charge in [0.2, 0.25) is 0 Å². The van der Waals surface area contributed by atoms with E-state index in [0.717, 1.165) is 10.2 Å². The molecule has 1 rings (SSSR count). The highest BCUT2D eigenvalue weighted by Crippen LogP contribution is 2.05. The maximum absolute atomic E-state index is 10.1. The second kappa shape index (κ2) is 4.06. The van der Waals surface area contributed by atoms with E-state index < -0.39 is 6.09 Å². The van der Waals surface area contributed by atoms with Gasteiger partial charge >= 0.3 is 6.09 Å². The van der Waals surface area contributed by atoms with E-state index in [2.05, 4.69) is 26.2 Å². The average Bonchev–Trinajstić information content (AvgIpc) is 2.03.